The van der Waals surface area contributed by atoms with Crippen LogP contribution in [-0.4, -0.2) is 51.7 Å². The van der Waals surface area contributed by atoms with Gasteiger partial charge in [0.2, 0.25) is 5.91 Å². The Bertz CT molecular complexity index is 795. The molecule has 0 radical (unpaired) electrons. The molecule has 150 valence electrons. The molecule has 0 bridgehead atoms. The molecule has 2 saturated heterocycles. The average Bonchev–Trinajstić information content (AvgIpc) is 3.33. The number of likely N-dealkylation sites (tertiary alicyclic amines) is 2. The number of halogens is 1. The summed E-state index contributed by atoms with van der Waals surface area (Å²) in [6, 6.07) is 10.1. The summed E-state index contributed by atoms with van der Waals surface area (Å²) < 4.78 is 1.75. The molecule has 0 saturated carbocycles. The van der Waals surface area contributed by atoms with Crippen LogP contribution in [0, 0.1) is 18.8 Å². The summed E-state index contributed by atoms with van der Waals surface area (Å²) in [6.45, 7) is 7.43. The first-order chi connectivity index (χ1) is 13.6. The largest absolute Gasteiger partial charge is 0.341 e. The minimum atomic E-state index is 0.192. The van der Waals surface area contributed by atoms with Gasteiger partial charge in [-0.1, -0.05) is 23.7 Å². The van der Waals surface area contributed by atoms with Crippen molar-refractivity contribution in [2.45, 2.75) is 39.3 Å². The van der Waals surface area contributed by atoms with Crippen molar-refractivity contribution in [2.24, 2.45) is 11.8 Å². The maximum atomic E-state index is 12.5. The Kier molecular flexibility index (Phi) is 6.02. The van der Waals surface area contributed by atoms with Crippen molar-refractivity contribution in [1.29, 1.82) is 0 Å². The third-order valence-electron chi connectivity index (χ3n) is 6.26. The lowest BCUT2D eigenvalue weighted by Crippen LogP contribution is -2.42. The van der Waals surface area contributed by atoms with Crippen LogP contribution in [0.25, 0.3) is 0 Å². The molecule has 1 atom stereocenters. The van der Waals surface area contributed by atoms with Crippen molar-refractivity contribution in [1.82, 2.24) is 19.6 Å². The smallest absolute Gasteiger partial charge is 0.244 e. The number of piperidine rings is 1. The van der Waals surface area contributed by atoms with Crippen LogP contribution < -0.4 is 0 Å². The topological polar surface area (TPSA) is 41.4 Å². The van der Waals surface area contributed by atoms with E-state index >= 15 is 0 Å². The molecule has 28 heavy (non-hydrogen) atoms. The number of hydrogen-bond acceptors (Lipinski definition) is 3. The molecular formula is C22H29ClN4O. The van der Waals surface area contributed by atoms with E-state index in [1.165, 1.54) is 25.1 Å². The summed E-state index contributed by atoms with van der Waals surface area (Å²) in [4.78, 5) is 17.1. The summed E-state index contributed by atoms with van der Waals surface area (Å²) in [7, 11) is 0. The monoisotopic (exact) mass is 400 g/mol. The van der Waals surface area contributed by atoms with E-state index in [4.69, 9.17) is 11.6 Å². The van der Waals surface area contributed by atoms with Crippen LogP contribution in [0.15, 0.2) is 36.5 Å². The summed E-state index contributed by atoms with van der Waals surface area (Å²) >= 11 is 5.99. The van der Waals surface area contributed by atoms with Gasteiger partial charge in [-0.25, -0.2) is 0 Å². The van der Waals surface area contributed by atoms with E-state index in [-0.39, 0.29) is 5.91 Å². The van der Waals surface area contributed by atoms with Crippen molar-refractivity contribution in [3.8, 4) is 0 Å². The fraction of sp³-hybridized carbons (Fsp3) is 0.545. The first-order valence-corrected chi connectivity index (χ1v) is 10.7. The highest BCUT2D eigenvalue weighted by Crippen LogP contribution is 2.32. The van der Waals surface area contributed by atoms with Crippen LogP contribution in [0.1, 0.15) is 30.5 Å². The van der Waals surface area contributed by atoms with Crippen LogP contribution in [0.5, 0.6) is 0 Å². The number of amides is 1. The second-order valence-corrected chi connectivity index (χ2v) is 8.72. The van der Waals surface area contributed by atoms with E-state index in [2.05, 4.69) is 22.1 Å². The molecular weight excluding hydrogens is 372 g/mol. The lowest BCUT2D eigenvalue weighted by Gasteiger charge is -2.35. The number of nitrogens with zero attached hydrogens (tertiary/aromatic N) is 4. The number of rotatable bonds is 5. The molecule has 6 heteroatoms. The fourth-order valence-corrected chi connectivity index (χ4v) is 4.78. The van der Waals surface area contributed by atoms with Gasteiger partial charge in [-0.15, -0.1) is 0 Å². The number of benzene rings is 1. The van der Waals surface area contributed by atoms with Crippen molar-refractivity contribution in [3.63, 3.8) is 0 Å². The molecule has 0 aliphatic carbocycles. The summed E-state index contributed by atoms with van der Waals surface area (Å²) in [6.07, 6.45) is 5.42. The van der Waals surface area contributed by atoms with Crippen molar-refractivity contribution in [3.05, 3.63) is 52.8 Å². The zero-order valence-corrected chi connectivity index (χ0v) is 17.3. The highest BCUT2D eigenvalue weighted by molar-refractivity contribution is 6.30. The van der Waals surface area contributed by atoms with Gasteiger partial charge in [0.1, 0.15) is 6.54 Å². The Labute approximate surface area is 172 Å². The minimum Gasteiger partial charge on any atom is -0.341 e. The lowest BCUT2D eigenvalue weighted by molar-refractivity contribution is -0.133. The second kappa shape index (κ2) is 8.66. The third kappa shape index (κ3) is 4.76. The second-order valence-electron chi connectivity index (χ2n) is 8.28. The minimum absolute atomic E-state index is 0.192. The van der Waals surface area contributed by atoms with Gasteiger partial charge >= 0.3 is 0 Å². The van der Waals surface area contributed by atoms with Crippen molar-refractivity contribution < 1.29 is 4.79 Å². The van der Waals surface area contributed by atoms with Gasteiger partial charge in [-0.05, 0) is 68.3 Å². The van der Waals surface area contributed by atoms with E-state index in [0.717, 1.165) is 55.0 Å². The molecule has 1 aromatic heterocycles. The molecule has 0 spiro atoms. The van der Waals surface area contributed by atoms with Crippen LogP contribution in [0.3, 0.4) is 0 Å². The van der Waals surface area contributed by atoms with Gasteiger partial charge < -0.3 is 4.90 Å². The van der Waals surface area contributed by atoms with Crippen LogP contribution in [0.2, 0.25) is 5.02 Å². The molecule has 4 rings (SSSR count). The Morgan fingerprint density at radius 2 is 1.79 bits per heavy atom. The van der Waals surface area contributed by atoms with E-state index in [1.54, 1.807) is 4.68 Å². The first kappa shape index (κ1) is 19.5. The molecule has 3 heterocycles. The zero-order chi connectivity index (χ0) is 19.5. The Morgan fingerprint density at radius 3 is 2.46 bits per heavy atom. The highest BCUT2D eigenvalue weighted by Gasteiger charge is 2.32. The number of carbonyl (C=O) groups excluding carboxylic acids is 1. The maximum Gasteiger partial charge on any atom is 0.244 e. The fourth-order valence-electron chi connectivity index (χ4n) is 4.65. The van der Waals surface area contributed by atoms with Gasteiger partial charge in [0.05, 0.1) is 5.69 Å². The van der Waals surface area contributed by atoms with E-state index in [1.807, 2.05) is 36.2 Å². The van der Waals surface area contributed by atoms with Gasteiger partial charge in [0, 0.05) is 37.4 Å². The molecule has 0 N–H and O–H groups in total. The quantitative estimate of drug-likeness (QED) is 0.769. The van der Waals surface area contributed by atoms with Crippen molar-refractivity contribution in [2.75, 3.05) is 26.2 Å². The van der Waals surface area contributed by atoms with Crippen LogP contribution in [0.4, 0.5) is 0 Å². The van der Waals surface area contributed by atoms with E-state index in [9.17, 15) is 4.79 Å². The SMILES string of the molecule is Cc1ccn(CC(=O)N2CCC([C@H]3CCN(Cc4ccc(Cl)cc4)C3)CC2)n1. The Balaban J connectivity index is 1.23. The van der Waals surface area contributed by atoms with Crippen LogP contribution in [-0.2, 0) is 17.9 Å². The van der Waals surface area contributed by atoms with E-state index < -0.39 is 0 Å². The Morgan fingerprint density at radius 1 is 1.07 bits per heavy atom. The number of carbonyl (C=O) groups is 1. The molecule has 1 aromatic carbocycles. The molecule has 2 aliphatic rings. The summed E-state index contributed by atoms with van der Waals surface area (Å²) in [5, 5.41) is 5.13. The van der Waals surface area contributed by atoms with Gasteiger partial charge in [-0.3, -0.25) is 14.4 Å². The standard InChI is InChI=1S/C22H29ClN4O/c1-17-6-13-27(24-17)16-22(28)26-11-8-19(9-12-26)20-7-10-25(15-20)14-18-2-4-21(23)5-3-18/h2-6,13,19-20H,7-12,14-16H2,1H3/t20-/m0/s1. The van der Waals surface area contributed by atoms with Gasteiger partial charge in [0.15, 0.2) is 0 Å². The summed E-state index contributed by atoms with van der Waals surface area (Å²) in [5.41, 5.74) is 2.29. The van der Waals surface area contributed by atoms with Crippen molar-refractivity contribution >= 4 is 17.5 Å². The molecule has 0 unspecified atom stereocenters. The normalized spacial score (nSPS) is 21.4. The number of aromatic nitrogens is 2. The van der Waals surface area contributed by atoms with Gasteiger partial charge in [0.25, 0.3) is 0 Å². The van der Waals surface area contributed by atoms with Crippen LogP contribution >= 0.6 is 11.6 Å². The average molecular weight is 401 g/mol. The third-order valence-corrected chi connectivity index (χ3v) is 6.51. The number of aryl methyl sites for hydroxylation is 1. The summed E-state index contributed by atoms with van der Waals surface area (Å²) in [5.74, 6) is 1.70. The molecule has 2 aromatic rings. The first-order valence-electron chi connectivity index (χ1n) is 10.3. The predicted octanol–water partition coefficient (Wildman–Crippen LogP) is 3.61. The van der Waals surface area contributed by atoms with E-state index in [0.29, 0.717) is 6.54 Å². The lowest BCUT2D eigenvalue weighted by atomic mass is 9.84. The van der Waals surface area contributed by atoms with Gasteiger partial charge in [-0.2, -0.15) is 5.10 Å². The molecule has 2 fully saturated rings. The highest BCUT2D eigenvalue weighted by atomic mass is 35.5. The predicted molar refractivity (Wildman–Crippen MR) is 111 cm³/mol. The molecule has 5 nitrogen and oxygen atoms in total. The number of hydrogen-bond donors (Lipinski definition) is 0. The zero-order valence-electron chi connectivity index (χ0n) is 16.6. The maximum absolute atomic E-state index is 12.5. The molecule has 1 amide bonds. The molecule has 2 aliphatic heterocycles. The Hall–Kier alpha value is -1.85.